The third kappa shape index (κ3) is 6.56. The van der Waals surface area contributed by atoms with Gasteiger partial charge in [-0.1, -0.05) is 32.1 Å². The summed E-state index contributed by atoms with van der Waals surface area (Å²) in [6, 6.07) is 5.89. The van der Waals surface area contributed by atoms with E-state index in [-0.39, 0.29) is 18.0 Å². The number of rotatable bonds is 8. The van der Waals surface area contributed by atoms with Crippen LogP contribution in [0.5, 0.6) is 0 Å². The third-order valence-corrected chi connectivity index (χ3v) is 2.66. The maximum absolute atomic E-state index is 13.3. The average molecular weight is 293 g/mol. The van der Waals surface area contributed by atoms with E-state index in [1.165, 1.54) is 18.2 Å². The van der Waals surface area contributed by atoms with E-state index in [1.807, 2.05) is 6.92 Å². The molecule has 3 N–H and O–H groups in total. The Bertz CT molecular complexity index is 517. The Morgan fingerprint density at radius 2 is 1.90 bits per heavy atom. The molecule has 0 spiro atoms. The molecule has 0 heterocycles. The van der Waals surface area contributed by atoms with Crippen molar-refractivity contribution in [3.8, 4) is 0 Å². The Morgan fingerprint density at radius 3 is 2.57 bits per heavy atom. The molecule has 0 saturated heterocycles. The molecule has 0 aliphatic rings. The minimum Gasteiger partial charge on any atom is -0.323 e. The number of para-hydroxylation sites is 1. The fourth-order valence-electron chi connectivity index (χ4n) is 1.55. The summed E-state index contributed by atoms with van der Waals surface area (Å²) in [7, 11) is 0. The average Bonchev–Trinajstić information content (AvgIpc) is 2.45. The van der Waals surface area contributed by atoms with E-state index in [9.17, 15) is 14.0 Å². The number of hydrazine groups is 1. The largest absolute Gasteiger partial charge is 0.323 e. The van der Waals surface area contributed by atoms with Gasteiger partial charge < -0.3 is 10.7 Å². The van der Waals surface area contributed by atoms with Crippen LogP contribution in [0, 0.1) is 5.82 Å². The van der Waals surface area contributed by atoms with Crippen LogP contribution in [-0.2, 0) is 9.59 Å². The van der Waals surface area contributed by atoms with Crippen LogP contribution in [0.25, 0.3) is 0 Å². The van der Waals surface area contributed by atoms with E-state index in [0.29, 0.717) is 12.1 Å². The summed E-state index contributed by atoms with van der Waals surface area (Å²) in [5.41, 5.74) is 5.47. The van der Waals surface area contributed by atoms with Crippen molar-refractivity contribution in [3.63, 3.8) is 0 Å². The number of hydrogen-bond acceptors (Lipinski definition) is 3. The smallest absolute Gasteiger partial charge is 0.238 e. The van der Waals surface area contributed by atoms with Crippen LogP contribution in [0.15, 0.2) is 36.5 Å². The van der Waals surface area contributed by atoms with Crippen molar-refractivity contribution in [1.29, 1.82) is 0 Å². The van der Waals surface area contributed by atoms with Gasteiger partial charge in [-0.25, -0.2) is 4.39 Å². The lowest BCUT2D eigenvalue weighted by atomic mass is 10.2. The number of unbranched alkanes of at least 4 members (excludes halogenated alkanes) is 1. The van der Waals surface area contributed by atoms with Gasteiger partial charge in [-0.3, -0.25) is 15.0 Å². The molecule has 0 atom stereocenters. The van der Waals surface area contributed by atoms with Gasteiger partial charge in [-0.2, -0.15) is 0 Å². The van der Waals surface area contributed by atoms with E-state index in [2.05, 4.69) is 22.7 Å². The molecule has 0 aliphatic carbocycles. The molecule has 0 fully saturated rings. The predicted octanol–water partition coefficient (Wildman–Crippen LogP) is 2.48. The number of carbonyl (C=O) groups is 2. The molecule has 114 valence electrons. The Labute approximate surface area is 123 Å². The number of halogens is 1. The Balaban J connectivity index is 2.33. The lowest BCUT2D eigenvalue weighted by Crippen LogP contribution is -2.37. The van der Waals surface area contributed by atoms with Gasteiger partial charge in [0.1, 0.15) is 5.82 Å². The van der Waals surface area contributed by atoms with Gasteiger partial charge in [-0.15, -0.1) is 0 Å². The van der Waals surface area contributed by atoms with Crippen LogP contribution in [0.1, 0.15) is 32.6 Å². The molecule has 6 heteroatoms. The quantitative estimate of drug-likeness (QED) is 0.645. The maximum atomic E-state index is 13.3. The summed E-state index contributed by atoms with van der Waals surface area (Å²) in [5.74, 6) is -1.08. The van der Waals surface area contributed by atoms with Gasteiger partial charge in [0.2, 0.25) is 11.8 Å². The summed E-state index contributed by atoms with van der Waals surface area (Å²) in [6.07, 6.45) is 2.08. The normalized spacial score (nSPS) is 9.81. The Hall–Kier alpha value is -2.37. The van der Waals surface area contributed by atoms with Gasteiger partial charge in [0.25, 0.3) is 0 Å². The molecule has 1 aromatic rings. The molecule has 1 rings (SSSR count). The molecule has 0 aromatic heterocycles. The highest BCUT2D eigenvalue weighted by Crippen LogP contribution is 2.12. The summed E-state index contributed by atoms with van der Waals surface area (Å²) < 4.78 is 13.3. The van der Waals surface area contributed by atoms with E-state index in [0.717, 1.165) is 12.8 Å². The molecule has 0 bridgehead atoms. The standard InChI is InChI=1S/C15H20FN3O2/c1-3-4-9-14(20)19-18-11(2)10-15(21)17-13-8-6-5-7-12(13)16/h5-8,18H,2-4,9-10H2,1H3,(H,17,21)(H,19,20). The van der Waals surface area contributed by atoms with E-state index in [1.54, 1.807) is 6.07 Å². The van der Waals surface area contributed by atoms with E-state index < -0.39 is 11.7 Å². The Morgan fingerprint density at radius 1 is 1.19 bits per heavy atom. The number of benzene rings is 1. The molecule has 2 amide bonds. The van der Waals surface area contributed by atoms with Gasteiger partial charge in [0.05, 0.1) is 12.1 Å². The van der Waals surface area contributed by atoms with Crippen LogP contribution in [0.2, 0.25) is 0 Å². The molecule has 0 aliphatic heterocycles. The maximum Gasteiger partial charge on any atom is 0.238 e. The molecule has 0 radical (unpaired) electrons. The zero-order chi connectivity index (χ0) is 15.7. The number of hydrogen-bond donors (Lipinski definition) is 3. The second-order valence-corrected chi connectivity index (χ2v) is 4.59. The second kappa shape index (κ2) is 8.73. The molecule has 0 unspecified atom stereocenters. The lowest BCUT2D eigenvalue weighted by Gasteiger charge is -2.11. The van der Waals surface area contributed by atoms with Crippen LogP contribution in [-0.4, -0.2) is 11.8 Å². The second-order valence-electron chi connectivity index (χ2n) is 4.59. The van der Waals surface area contributed by atoms with Crippen LogP contribution >= 0.6 is 0 Å². The number of anilines is 1. The fraction of sp³-hybridized carbons (Fsp3) is 0.333. The van der Waals surface area contributed by atoms with E-state index >= 15 is 0 Å². The predicted molar refractivity (Wildman–Crippen MR) is 79.6 cm³/mol. The highest BCUT2D eigenvalue weighted by atomic mass is 19.1. The minimum atomic E-state index is -0.503. The van der Waals surface area contributed by atoms with Gasteiger partial charge in [-0.05, 0) is 18.6 Å². The zero-order valence-corrected chi connectivity index (χ0v) is 12.0. The first kappa shape index (κ1) is 16.7. The summed E-state index contributed by atoms with van der Waals surface area (Å²) in [6.45, 7) is 5.62. The molecular weight excluding hydrogens is 273 g/mol. The van der Waals surface area contributed by atoms with Crippen LogP contribution < -0.4 is 16.2 Å². The monoisotopic (exact) mass is 293 g/mol. The van der Waals surface area contributed by atoms with E-state index in [4.69, 9.17) is 0 Å². The first-order valence-electron chi connectivity index (χ1n) is 6.80. The molecule has 5 nitrogen and oxygen atoms in total. The number of amides is 2. The molecular formula is C15H20FN3O2. The van der Waals surface area contributed by atoms with Gasteiger partial charge in [0, 0.05) is 12.1 Å². The van der Waals surface area contributed by atoms with Crippen molar-refractivity contribution < 1.29 is 14.0 Å². The fourth-order valence-corrected chi connectivity index (χ4v) is 1.55. The van der Waals surface area contributed by atoms with Crippen molar-refractivity contribution in [2.45, 2.75) is 32.6 Å². The summed E-state index contributed by atoms with van der Waals surface area (Å²) in [4.78, 5) is 23.1. The minimum absolute atomic E-state index is 0.0671. The first-order chi connectivity index (χ1) is 10.0. The van der Waals surface area contributed by atoms with Crippen molar-refractivity contribution in [1.82, 2.24) is 10.9 Å². The lowest BCUT2D eigenvalue weighted by molar-refractivity contribution is -0.122. The highest BCUT2D eigenvalue weighted by Gasteiger charge is 2.08. The topological polar surface area (TPSA) is 70.2 Å². The Kier molecular flexibility index (Phi) is 6.94. The highest BCUT2D eigenvalue weighted by molar-refractivity contribution is 5.92. The molecule has 21 heavy (non-hydrogen) atoms. The first-order valence-corrected chi connectivity index (χ1v) is 6.80. The summed E-state index contributed by atoms with van der Waals surface area (Å²) in [5, 5.41) is 2.44. The number of nitrogens with one attached hydrogen (secondary N) is 3. The SMILES string of the molecule is C=C(CC(=O)Nc1ccccc1F)NNC(=O)CCCC. The number of carbonyl (C=O) groups excluding carboxylic acids is 2. The van der Waals surface area contributed by atoms with Gasteiger partial charge in [0.15, 0.2) is 0 Å². The third-order valence-electron chi connectivity index (χ3n) is 2.66. The van der Waals surface area contributed by atoms with Crippen molar-refractivity contribution in [3.05, 3.63) is 42.4 Å². The van der Waals surface area contributed by atoms with Crippen molar-refractivity contribution in [2.24, 2.45) is 0 Å². The van der Waals surface area contributed by atoms with Crippen LogP contribution in [0.4, 0.5) is 10.1 Å². The zero-order valence-electron chi connectivity index (χ0n) is 12.0. The molecule has 0 saturated carbocycles. The van der Waals surface area contributed by atoms with Crippen molar-refractivity contribution >= 4 is 17.5 Å². The molecule has 1 aromatic carbocycles. The van der Waals surface area contributed by atoms with Crippen molar-refractivity contribution in [2.75, 3.05) is 5.32 Å². The van der Waals surface area contributed by atoms with Gasteiger partial charge >= 0.3 is 0 Å². The summed E-state index contributed by atoms with van der Waals surface area (Å²) >= 11 is 0. The van der Waals surface area contributed by atoms with Crippen LogP contribution in [0.3, 0.4) is 0 Å².